The number of carbonyl (C=O) groups excluding carboxylic acids is 2. The Morgan fingerprint density at radius 2 is 2.12 bits per heavy atom. The van der Waals surface area contributed by atoms with Crippen LogP contribution in [-0.2, 0) is 29.4 Å². The summed E-state index contributed by atoms with van der Waals surface area (Å²) < 4.78 is 7.07. The second-order valence-corrected chi connectivity index (χ2v) is 7.74. The number of rotatable bonds is 5. The van der Waals surface area contributed by atoms with Gasteiger partial charge >= 0.3 is 5.97 Å². The van der Waals surface area contributed by atoms with Gasteiger partial charge in [0.15, 0.2) is 0 Å². The number of carbonyl (C=O) groups is 2. The molecule has 0 fully saturated rings. The second kappa shape index (κ2) is 7.86. The molecule has 1 aliphatic rings. The van der Waals surface area contributed by atoms with E-state index in [1.807, 2.05) is 27.1 Å². The molecule has 0 bridgehead atoms. The molecule has 0 aliphatic heterocycles. The summed E-state index contributed by atoms with van der Waals surface area (Å²) in [6, 6.07) is 0. The topological polar surface area (TPSA) is 73.2 Å². The lowest BCUT2D eigenvalue weighted by atomic mass is 9.95. The first-order chi connectivity index (χ1) is 12.4. The largest absolute Gasteiger partial charge is 0.459 e. The average Bonchev–Trinajstić information content (AvgIpc) is 3.15. The van der Waals surface area contributed by atoms with Crippen LogP contribution in [0, 0.1) is 0 Å². The molecule has 2 aromatic heterocycles. The van der Waals surface area contributed by atoms with Gasteiger partial charge in [0.2, 0.25) is 5.91 Å². The number of esters is 1. The summed E-state index contributed by atoms with van der Waals surface area (Å²) in [6.45, 7) is 3.65. The molecule has 0 radical (unpaired) electrons. The molecule has 0 aromatic carbocycles. The van der Waals surface area contributed by atoms with Gasteiger partial charge in [-0.3, -0.25) is 9.48 Å². The number of thiophene rings is 1. The lowest BCUT2D eigenvalue weighted by Gasteiger charge is -2.14. The van der Waals surface area contributed by atoms with E-state index in [2.05, 4.69) is 10.4 Å². The third kappa shape index (κ3) is 4.22. The van der Waals surface area contributed by atoms with Gasteiger partial charge in [-0.15, -0.1) is 11.3 Å². The van der Waals surface area contributed by atoms with E-state index in [4.69, 9.17) is 4.74 Å². The quantitative estimate of drug-likeness (QED) is 0.642. The molecule has 7 heteroatoms. The summed E-state index contributed by atoms with van der Waals surface area (Å²) in [5.74, 6) is -0.628. The summed E-state index contributed by atoms with van der Waals surface area (Å²) in [7, 11) is 1.82. The number of fused-ring (bicyclic) bond motifs is 1. The Balaban J connectivity index is 1.82. The highest BCUT2D eigenvalue weighted by atomic mass is 32.1. The molecule has 138 valence electrons. The number of hydrogen-bond acceptors (Lipinski definition) is 5. The van der Waals surface area contributed by atoms with Crippen molar-refractivity contribution in [2.45, 2.75) is 45.6 Å². The van der Waals surface area contributed by atoms with Crippen molar-refractivity contribution in [1.29, 1.82) is 0 Å². The van der Waals surface area contributed by atoms with E-state index in [1.165, 1.54) is 22.3 Å². The van der Waals surface area contributed by atoms with Crippen LogP contribution in [0.1, 0.15) is 53.1 Å². The number of aryl methyl sites for hydroxylation is 2. The van der Waals surface area contributed by atoms with Crippen LogP contribution in [-0.4, -0.2) is 27.8 Å². The van der Waals surface area contributed by atoms with Gasteiger partial charge in [0.05, 0.1) is 17.9 Å². The molecule has 1 aliphatic carbocycles. The lowest BCUT2D eigenvalue weighted by Crippen LogP contribution is -2.17. The van der Waals surface area contributed by atoms with Crippen molar-refractivity contribution in [2.24, 2.45) is 7.05 Å². The molecule has 6 nitrogen and oxygen atoms in total. The number of ether oxygens (including phenoxy) is 1. The van der Waals surface area contributed by atoms with Crippen molar-refractivity contribution in [3.8, 4) is 0 Å². The van der Waals surface area contributed by atoms with Gasteiger partial charge in [-0.2, -0.15) is 5.10 Å². The van der Waals surface area contributed by atoms with Gasteiger partial charge in [-0.25, -0.2) is 4.79 Å². The first-order valence-electron chi connectivity index (χ1n) is 8.77. The first-order valence-corrected chi connectivity index (χ1v) is 9.59. The summed E-state index contributed by atoms with van der Waals surface area (Å²) >= 11 is 1.49. The van der Waals surface area contributed by atoms with Crippen molar-refractivity contribution in [2.75, 3.05) is 5.32 Å². The second-order valence-electron chi connectivity index (χ2n) is 6.64. The van der Waals surface area contributed by atoms with Crippen molar-refractivity contribution in [3.63, 3.8) is 0 Å². The molecule has 1 N–H and O–H groups in total. The van der Waals surface area contributed by atoms with Crippen molar-refractivity contribution < 1.29 is 14.3 Å². The van der Waals surface area contributed by atoms with Crippen molar-refractivity contribution in [1.82, 2.24) is 9.78 Å². The van der Waals surface area contributed by atoms with Gasteiger partial charge in [0.25, 0.3) is 0 Å². The highest BCUT2D eigenvalue weighted by Gasteiger charge is 2.27. The number of anilines is 1. The zero-order valence-electron chi connectivity index (χ0n) is 15.2. The lowest BCUT2D eigenvalue weighted by molar-refractivity contribution is -0.111. The molecule has 0 saturated heterocycles. The number of amides is 1. The minimum atomic E-state index is -0.356. The zero-order valence-corrected chi connectivity index (χ0v) is 16.1. The van der Waals surface area contributed by atoms with Crippen LogP contribution < -0.4 is 5.32 Å². The van der Waals surface area contributed by atoms with Crippen LogP contribution in [0.2, 0.25) is 0 Å². The molecule has 0 saturated carbocycles. The summed E-state index contributed by atoms with van der Waals surface area (Å²) in [5, 5.41) is 7.51. The Kier molecular flexibility index (Phi) is 5.56. The van der Waals surface area contributed by atoms with Crippen LogP contribution in [0.3, 0.4) is 0 Å². The Labute approximate surface area is 156 Å². The number of nitrogens with one attached hydrogen (secondary N) is 1. The third-order valence-corrected chi connectivity index (χ3v) is 5.31. The highest BCUT2D eigenvalue weighted by Crippen LogP contribution is 2.38. The molecule has 0 spiro atoms. The Morgan fingerprint density at radius 1 is 1.35 bits per heavy atom. The SMILES string of the molecule is CC(C)OC(=O)c1c(NC(=O)/C=C/c2cnn(C)c2)sc2c1CCCC2. The van der Waals surface area contributed by atoms with Crippen LogP contribution in [0.4, 0.5) is 5.00 Å². The van der Waals surface area contributed by atoms with E-state index >= 15 is 0 Å². The summed E-state index contributed by atoms with van der Waals surface area (Å²) in [4.78, 5) is 26.1. The fourth-order valence-electron chi connectivity index (χ4n) is 2.99. The van der Waals surface area contributed by atoms with E-state index in [-0.39, 0.29) is 18.0 Å². The van der Waals surface area contributed by atoms with Crippen molar-refractivity contribution >= 4 is 34.3 Å². The van der Waals surface area contributed by atoms with Gasteiger partial charge in [-0.1, -0.05) is 0 Å². The Hall–Kier alpha value is -2.41. The van der Waals surface area contributed by atoms with E-state index < -0.39 is 0 Å². The minimum Gasteiger partial charge on any atom is -0.459 e. The summed E-state index contributed by atoms with van der Waals surface area (Å²) in [6.07, 6.45) is 10.4. The predicted octanol–water partition coefficient (Wildman–Crippen LogP) is 3.58. The minimum absolute atomic E-state index is 0.198. The molecule has 3 rings (SSSR count). The Morgan fingerprint density at radius 3 is 2.81 bits per heavy atom. The number of nitrogens with zero attached hydrogens (tertiary/aromatic N) is 2. The standard InChI is InChI=1S/C19H23N3O3S/c1-12(2)25-19(24)17-14-6-4-5-7-15(14)26-18(17)21-16(23)9-8-13-10-20-22(3)11-13/h8-12H,4-7H2,1-3H3,(H,21,23)/b9-8+. The van der Waals surface area contributed by atoms with Crippen LogP contribution in [0.5, 0.6) is 0 Å². The molecule has 2 heterocycles. The van der Waals surface area contributed by atoms with Gasteiger partial charge in [-0.05, 0) is 51.2 Å². The van der Waals surface area contributed by atoms with Gasteiger partial charge in [0, 0.05) is 29.8 Å². The Bertz CT molecular complexity index is 848. The molecule has 0 atom stereocenters. The maximum absolute atomic E-state index is 12.6. The monoisotopic (exact) mass is 373 g/mol. The number of hydrogen-bond donors (Lipinski definition) is 1. The molecular formula is C19H23N3O3S. The highest BCUT2D eigenvalue weighted by molar-refractivity contribution is 7.17. The smallest absolute Gasteiger partial charge is 0.341 e. The predicted molar refractivity (Wildman–Crippen MR) is 102 cm³/mol. The van der Waals surface area contributed by atoms with E-state index in [9.17, 15) is 9.59 Å². The van der Waals surface area contributed by atoms with E-state index in [1.54, 1.807) is 17.0 Å². The zero-order chi connectivity index (χ0) is 18.7. The number of aromatic nitrogens is 2. The van der Waals surface area contributed by atoms with Crippen LogP contribution in [0.15, 0.2) is 18.5 Å². The molecule has 0 unspecified atom stereocenters. The third-order valence-electron chi connectivity index (χ3n) is 4.11. The maximum Gasteiger partial charge on any atom is 0.341 e. The molecule has 26 heavy (non-hydrogen) atoms. The first kappa shape index (κ1) is 18.4. The van der Waals surface area contributed by atoms with E-state index in [0.29, 0.717) is 10.6 Å². The van der Waals surface area contributed by atoms with Crippen LogP contribution in [0.25, 0.3) is 6.08 Å². The fraction of sp³-hybridized carbons (Fsp3) is 0.421. The van der Waals surface area contributed by atoms with Gasteiger partial charge < -0.3 is 10.1 Å². The van der Waals surface area contributed by atoms with Gasteiger partial charge in [0.1, 0.15) is 5.00 Å². The van der Waals surface area contributed by atoms with Crippen molar-refractivity contribution in [3.05, 3.63) is 40.0 Å². The molecule has 2 aromatic rings. The average molecular weight is 373 g/mol. The van der Waals surface area contributed by atoms with E-state index in [0.717, 1.165) is 36.8 Å². The van der Waals surface area contributed by atoms with Crippen LogP contribution >= 0.6 is 11.3 Å². The maximum atomic E-state index is 12.6. The summed E-state index contributed by atoms with van der Waals surface area (Å²) in [5.41, 5.74) is 2.41. The molecule has 1 amide bonds. The molecular weight excluding hydrogens is 350 g/mol. The fourth-order valence-corrected chi connectivity index (χ4v) is 4.27. The normalized spacial score (nSPS) is 13.8.